The minimum absolute atomic E-state index is 1.24. The highest BCUT2D eigenvalue weighted by atomic mass is 14.0. The van der Waals surface area contributed by atoms with E-state index in [0.29, 0.717) is 0 Å². The molecule has 0 saturated carbocycles. The van der Waals surface area contributed by atoms with E-state index >= 15 is 0 Å². The summed E-state index contributed by atoms with van der Waals surface area (Å²) in [6.07, 6.45) is 8.74. The van der Waals surface area contributed by atoms with Crippen molar-refractivity contribution in [3.05, 3.63) is 94.1 Å². The fourth-order valence-electron chi connectivity index (χ4n) is 2.21. The van der Waals surface area contributed by atoms with Gasteiger partial charge in [0.2, 0.25) is 0 Å². The second-order valence-electron chi connectivity index (χ2n) is 5.93. The van der Waals surface area contributed by atoms with E-state index in [4.69, 9.17) is 0 Å². The molecule has 0 N–H and O–H groups in total. The van der Waals surface area contributed by atoms with E-state index in [1.807, 2.05) is 0 Å². The zero-order valence-electron chi connectivity index (χ0n) is 13.9. The molecule has 2 aromatic rings. The van der Waals surface area contributed by atoms with E-state index in [9.17, 15) is 0 Å². The number of allylic oxidation sites excluding steroid dienone is 4. The second-order valence-corrected chi connectivity index (χ2v) is 5.93. The van der Waals surface area contributed by atoms with Gasteiger partial charge >= 0.3 is 0 Å². The molecule has 0 unspecified atom stereocenters. The lowest BCUT2D eigenvalue weighted by Gasteiger charge is -1.99. The molecule has 112 valence electrons. The van der Waals surface area contributed by atoms with E-state index < -0.39 is 0 Å². The Morgan fingerprint density at radius 2 is 0.909 bits per heavy atom. The molecule has 0 radical (unpaired) electrons. The van der Waals surface area contributed by atoms with Gasteiger partial charge in [-0.2, -0.15) is 0 Å². The van der Waals surface area contributed by atoms with Crippen LogP contribution in [-0.4, -0.2) is 0 Å². The minimum atomic E-state index is 1.24. The molecule has 2 aromatic carbocycles. The lowest BCUT2D eigenvalue weighted by Crippen LogP contribution is -1.77. The molecule has 0 atom stereocenters. The van der Waals surface area contributed by atoms with Gasteiger partial charge in [-0.3, -0.25) is 0 Å². The van der Waals surface area contributed by atoms with Gasteiger partial charge in [0.05, 0.1) is 0 Å². The summed E-state index contributed by atoms with van der Waals surface area (Å²) in [6.45, 7) is 8.49. The van der Waals surface area contributed by atoms with Crippen LogP contribution >= 0.6 is 0 Å². The van der Waals surface area contributed by atoms with E-state index in [2.05, 4.69) is 101 Å². The van der Waals surface area contributed by atoms with Crippen molar-refractivity contribution in [2.75, 3.05) is 0 Å². The smallest absolute Gasteiger partial charge is 0.0254 e. The number of aryl methyl sites for hydroxylation is 2. The van der Waals surface area contributed by atoms with Crippen molar-refractivity contribution in [3.63, 3.8) is 0 Å². The number of benzene rings is 2. The fraction of sp³-hybridized carbons (Fsp3) is 0.182. The van der Waals surface area contributed by atoms with Crippen LogP contribution in [0, 0.1) is 13.8 Å². The molecule has 22 heavy (non-hydrogen) atoms. The van der Waals surface area contributed by atoms with Crippen LogP contribution < -0.4 is 0 Å². The second kappa shape index (κ2) is 7.61. The summed E-state index contributed by atoms with van der Waals surface area (Å²) in [4.78, 5) is 0. The molecule has 0 aliphatic heterocycles. The zero-order valence-corrected chi connectivity index (χ0v) is 13.9. The summed E-state index contributed by atoms with van der Waals surface area (Å²) in [5.41, 5.74) is 7.58. The van der Waals surface area contributed by atoms with Crippen LogP contribution in [0.1, 0.15) is 36.1 Å². The summed E-state index contributed by atoms with van der Waals surface area (Å²) in [5, 5.41) is 0. The largest absolute Gasteiger partial charge is 0.0590 e. The van der Waals surface area contributed by atoms with Gasteiger partial charge in [-0.15, -0.1) is 0 Å². The molecule has 0 aromatic heterocycles. The van der Waals surface area contributed by atoms with Crippen LogP contribution in [0.5, 0.6) is 0 Å². The molecule has 0 fully saturated rings. The van der Waals surface area contributed by atoms with Crippen LogP contribution in [-0.2, 0) is 0 Å². The summed E-state index contributed by atoms with van der Waals surface area (Å²) >= 11 is 0. The molecule has 0 spiro atoms. The Kier molecular flexibility index (Phi) is 5.55. The van der Waals surface area contributed by atoms with Crippen LogP contribution in [0.4, 0.5) is 0 Å². The van der Waals surface area contributed by atoms with Crippen molar-refractivity contribution in [3.8, 4) is 0 Å². The van der Waals surface area contributed by atoms with Crippen LogP contribution in [0.25, 0.3) is 12.2 Å². The summed E-state index contributed by atoms with van der Waals surface area (Å²) in [7, 11) is 0. The molecule has 0 aliphatic carbocycles. The fourth-order valence-corrected chi connectivity index (χ4v) is 2.21. The van der Waals surface area contributed by atoms with Crippen molar-refractivity contribution in [1.29, 1.82) is 0 Å². The van der Waals surface area contributed by atoms with Crippen molar-refractivity contribution in [2.45, 2.75) is 27.7 Å². The summed E-state index contributed by atoms with van der Waals surface area (Å²) < 4.78 is 0. The lowest BCUT2D eigenvalue weighted by molar-refractivity contribution is 1.44. The van der Waals surface area contributed by atoms with Crippen molar-refractivity contribution in [1.82, 2.24) is 0 Å². The summed E-state index contributed by atoms with van der Waals surface area (Å²) in [6, 6.07) is 17.2. The molecule has 0 amide bonds. The van der Waals surface area contributed by atoms with E-state index in [1.165, 1.54) is 33.4 Å². The molecule has 0 saturated heterocycles. The van der Waals surface area contributed by atoms with Crippen LogP contribution in [0.3, 0.4) is 0 Å². The van der Waals surface area contributed by atoms with Crippen molar-refractivity contribution < 1.29 is 0 Å². The Labute approximate surface area is 134 Å². The third-order valence-corrected chi connectivity index (χ3v) is 3.55. The first-order valence-electron chi connectivity index (χ1n) is 7.71. The monoisotopic (exact) mass is 288 g/mol. The number of hydrogen-bond acceptors (Lipinski definition) is 0. The highest BCUT2D eigenvalue weighted by molar-refractivity contribution is 5.58. The predicted octanol–water partition coefficient (Wildman–Crippen LogP) is 6.37. The quantitative estimate of drug-likeness (QED) is 0.574. The van der Waals surface area contributed by atoms with Gasteiger partial charge in [0, 0.05) is 0 Å². The first-order chi connectivity index (χ1) is 10.5. The third-order valence-electron chi connectivity index (χ3n) is 3.55. The van der Waals surface area contributed by atoms with E-state index in [-0.39, 0.29) is 0 Å². The minimum Gasteiger partial charge on any atom is -0.0590 e. The maximum atomic E-state index is 2.20. The maximum absolute atomic E-state index is 2.20. The van der Waals surface area contributed by atoms with Crippen LogP contribution in [0.15, 0.2) is 71.8 Å². The Hall–Kier alpha value is -2.34. The molecular formula is C22H24. The van der Waals surface area contributed by atoms with Gasteiger partial charge in [0.1, 0.15) is 0 Å². The van der Waals surface area contributed by atoms with Gasteiger partial charge in [0.15, 0.2) is 0 Å². The Morgan fingerprint density at radius 3 is 1.23 bits per heavy atom. The standard InChI is InChI=1S/C22H24/c1-17-7-11-21(12-8-17)15-19(3)5-6-20(4)16-22-13-9-18(2)10-14-22/h5-16H,1-4H3/b6-5+,19-15+,20-16+. The van der Waals surface area contributed by atoms with Gasteiger partial charge in [-0.1, -0.05) is 95.1 Å². The third kappa shape index (κ3) is 5.21. The van der Waals surface area contributed by atoms with Gasteiger partial charge < -0.3 is 0 Å². The molecule has 0 heteroatoms. The maximum Gasteiger partial charge on any atom is -0.0254 e. The molecule has 0 aliphatic rings. The highest BCUT2D eigenvalue weighted by Crippen LogP contribution is 2.12. The topological polar surface area (TPSA) is 0 Å². The van der Waals surface area contributed by atoms with Gasteiger partial charge in [-0.25, -0.2) is 0 Å². The molecule has 2 rings (SSSR count). The SMILES string of the molecule is CC(/C=C/C(C)=C/c1ccc(C)cc1)=C\c1ccc(C)cc1. The van der Waals surface area contributed by atoms with Gasteiger partial charge in [-0.05, 0) is 38.8 Å². The predicted molar refractivity (Wildman–Crippen MR) is 98.8 cm³/mol. The van der Waals surface area contributed by atoms with Crippen molar-refractivity contribution in [2.24, 2.45) is 0 Å². The lowest BCUT2D eigenvalue weighted by atomic mass is 10.1. The average Bonchev–Trinajstić information content (AvgIpc) is 2.50. The molecular weight excluding hydrogens is 264 g/mol. The van der Waals surface area contributed by atoms with E-state index in [0.717, 1.165) is 0 Å². The molecule has 0 nitrogen and oxygen atoms in total. The Balaban J connectivity index is 2.06. The van der Waals surface area contributed by atoms with Crippen LogP contribution in [0.2, 0.25) is 0 Å². The number of hydrogen-bond donors (Lipinski definition) is 0. The van der Waals surface area contributed by atoms with E-state index in [1.54, 1.807) is 0 Å². The van der Waals surface area contributed by atoms with Crippen molar-refractivity contribution >= 4 is 12.2 Å². The molecule has 0 heterocycles. The first-order valence-corrected chi connectivity index (χ1v) is 7.71. The average molecular weight is 288 g/mol. The number of rotatable bonds is 4. The summed E-state index contributed by atoms with van der Waals surface area (Å²) in [5.74, 6) is 0. The highest BCUT2D eigenvalue weighted by Gasteiger charge is 1.91. The first kappa shape index (κ1) is 16.0. The Morgan fingerprint density at radius 1 is 0.591 bits per heavy atom. The normalized spacial score (nSPS) is 12.9. The molecule has 0 bridgehead atoms. The zero-order chi connectivity index (χ0) is 15.9. The van der Waals surface area contributed by atoms with Gasteiger partial charge in [0.25, 0.3) is 0 Å². The Bertz CT molecular complexity index is 629.